The first-order valence-corrected chi connectivity index (χ1v) is 6.04. The molecular weight excluding hydrogens is 228 g/mol. The topological polar surface area (TPSA) is 35.5 Å². The van der Waals surface area contributed by atoms with Crippen LogP contribution in [0.5, 0.6) is 11.5 Å². The molecule has 1 aromatic rings. The molecule has 0 fully saturated rings. The van der Waals surface area contributed by atoms with Gasteiger partial charge in [-0.15, -0.1) is 0 Å². The Morgan fingerprint density at radius 2 is 1.89 bits per heavy atom. The van der Waals surface area contributed by atoms with Crippen LogP contribution in [0.2, 0.25) is 0 Å². The van der Waals surface area contributed by atoms with Crippen LogP contribution in [0.25, 0.3) is 0 Å². The first-order chi connectivity index (χ1) is 8.51. The Balaban J connectivity index is 2.83. The molecule has 0 heterocycles. The minimum atomic E-state index is 0.0672. The zero-order chi connectivity index (χ0) is 13.5. The summed E-state index contributed by atoms with van der Waals surface area (Å²) in [5.74, 6) is 1.30. The highest BCUT2D eigenvalue weighted by Gasteiger charge is 2.04. The number of rotatable bonds is 6. The van der Waals surface area contributed by atoms with Gasteiger partial charge < -0.3 is 9.47 Å². The Labute approximate surface area is 108 Å². The Morgan fingerprint density at radius 3 is 2.44 bits per heavy atom. The van der Waals surface area contributed by atoms with E-state index in [1.807, 2.05) is 33.8 Å². The van der Waals surface area contributed by atoms with Crippen molar-refractivity contribution in [2.45, 2.75) is 33.8 Å². The fraction of sp³-hybridized carbons (Fsp3) is 0.400. The highest BCUT2D eigenvalue weighted by atomic mass is 16.5. The molecule has 3 heteroatoms. The molecule has 0 unspecified atom stereocenters. The molecule has 0 bridgehead atoms. The van der Waals surface area contributed by atoms with E-state index in [-0.39, 0.29) is 6.10 Å². The summed E-state index contributed by atoms with van der Waals surface area (Å²) in [6.07, 6.45) is 2.84. The summed E-state index contributed by atoms with van der Waals surface area (Å²) < 4.78 is 11.1. The number of ether oxygens (including phenoxy) is 2. The van der Waals surface area contributed by atoms with E-state index in [4.69, 9.17) is 9.47 Å². The first kappa shape index (κ1) is 14.3. The molecule has 0 amide bonds. The largest absolute Gasteiger partial charge is 0.491 e. The molecule has 18 heavy (non-hydrogen) atoms. The van der Waals surface area contributed by atoms with Crippen LogP contribution in [-0.4, -0.2) is 19.0 Å². The van der Waals surface area contributed by atoms with Crippen molar-refractivity contribution in [3.05, 3.63) is 35.4 Å². The molecule has 0 saturated carbocycles. The predicted molar refractivity (Wildman–Crippen MR) is 72.5 cm³/mol. The molecular formula is C15H20O3. The second-order valence-corrected chi connectivity index (χ2v) is 4.61. The quantitative estimate of drug-likeness (QED) is 0.569. The highest BCUT2D eigenvalue weighted by Crippen LogP contribution is 2.23. The number of carbonyl (C=O) groups is 1. The zero-order valence-electron chi connectivity index (χ0n) is 11.4. The van der Waals surface area contributed by atoms with Crippen LogP contribution in [-0.2, 0) is 0 Å². The number of benzene rings is 1. The second kappa shape index (κ2) is 6.84. The third-order valence-electron chi connectivity index (χ3n) is 2.15. The Hall–Kier alpha value is -1.77. The van der Waals surface area contributed by atoms with E-state index in [0.29, 0.717) is 23.7 Å². The molecule has 0 aliphatic rings. The molecule has 0 aromatic heterocycles. The number of allylic oxidation sites excluding steroid dienone is 1. The summed E-state index contributed by atoms with van der Waals surface area (Å²) in [6, 6.07) is 5.21. The molecule has 0 aliphatic heterocycles. The SMILES string of the molecule is CC(C)=CCOc1cc(C=O)cc(OC(C)C)c1. The van der Waals surface area contributed by atoms with E-state index in [0.717, 1.165) is 6.29 Å². The molecule has 0 N–H and O–H groups in total. The fourth-order valence-electron chi connectivity index (χ4n) is 1.39. The molecule has 1 rings (SSSR count). The molecule has 0 atom stereocenters. The van der Waals surface area contributed by atoms with E-state index in [1.165, 1.54) is 5.57 Å². The van der Waals surface area contributed by atoms with Crippen molar-refractivity contribution in [3.63, 3.8) is 0 Å². The van der Waals surface area contributed by atoms with Gasteiger partial charge in [-0.1, -0.05) is 5.57 Å². The molecule has 1 aromatic carbocycles. The Bertz CT molecular complexity index is 429. The number of hydrogen-bond donors (Lipinski definition) is 0. The van der Waals surface area contributed by atoms with Crippen LogP contribution in [0.3, 0.4) is 0 Å². The van der Waals surface area contributed by atoms with E-state index in [2.05, 4.69) is 0 Å². The van der Waals surface area contributed by atoms with Crippen molar-refractivity contribution >= 4 is 6.29 Å². The summed E-state index contributed by atoms with van der Waals surface area (Å²) in [4.78, 5) is 10.9. The van der Waals surface area contributed by atoms with Crippen LogP contribution in [0, 0.1) is 0 Å². The monoisotopic (exact) mass is 248 g/mol. The van der Waals surface area contributed by atoms with Crippen molar-refractivity contribution < 1.29 is 14.3 Å². The van der Waals surface area contributed by atoms with Crippen molar-refractivity contribution in [1.29, 1.82) is 0 Å². The summed E-state index contributed by atoms with van der Waals surface area (Å²) in [5, 5.41) is 0. The molecule has 3 nitrogen and oxygen atoms in total. The lowest BCUT2D eigenvalue weighted by molar-refractivity contribution is 0.112. The number of carbonyl (C=O) groups excluding carboxylic acids is 1. The molecule has 0 aliphatic carbocycles. The van der Waals surface area contributed by atoms with Crippen LogP contribution >= 0.6 is 0 Å². The van der Waals surface area contributed by atoms with Crippen LogP contribution in [0.15, 0.2) is 29.8 Å². The van der Waals surface area contributed by atoms with Crippen molar-refractivity contribution in [2.24, 2.45) is 0 Å². The van der Waals surface area contributed by atoms with Gasteiger partial charge in [0.25, 0.3) is 0 Å². The lowest BCUT2D eigenvalue weighted by Gasteiger charge is -2.12. The van der Waals surface area contributed by atoms with Gasteiger partial charge in [0.15, 0.2) is 0 Å². The maximum absolute atomic E-state index is 10.9. The standard InChI is InChI=1S/C15H20O3/c1-11(2)5-6-17-14-7-13(10-16)8-15(9-14)18-12(3)4/h5,7-10,12H,6H2,1-4H3. The lowest BCUT2D eigenvalue weighted by Crippen LogP contribution is -2.06. The number of aldehydes is 1. The minimum Gasteiger partial charge on any atom is -0.491 e. The summed E-state index contributed by atoms with van der Waals surface area (Å²) in [7, 11) is 0. The van der Waals surface area contributed by atoms with Gasteiger partial charge in [-0.3, -0.25) is 4.79 Å². The molecule has 98 valence electrons. The van der Waals surface area contributed by atoms with E-state index >= 15 is 0 Å². The summed E-state index contributed by atoms with van der Waals surface area (Å²) >= 11 is 0. The Kier molecular flexibility index (Phi) is 5.43. The van der Waals surface area contributed by atoms with Gasteiger partial charge in [0.1, 0.15) is 24.4 Å². The fourth-order valence-corrected chi connectivity index (χ4v) is 1.39. The minimum absolute atomic E-state index is 0.0672. The number of hydrogen-bond acceptors (Lipinski definition) is 3. The highest BCUT2D eigenvalue weighted by molar-refractivity contribution is 5.76. The maximum Gasteiger partial charge on any atom is 0.150 e. The van der Waals surface area contributed by atoms with Gasteiger partial charge in [-0.05, 0) is 45.9 Å². The van der Waals surface area contributed by atoms with Gasteiger partial charge >= 0.3 is 0 Å². The van der Waals surface area contributed by atoms with Crippen molar-refractivity contribution in [2.75, 3.05) is 6.61 Å². The first-order valence-electron chi connectivity index (χ1n) is 6.04. The summed E-state index contributed by atoms with van der Waals surface area (Å²) in [5.41, 5.74) is 1.75. The van der Waals surface area contributed by atoms with Crippen molar-refractivity contribution in [1.82, 2.24) is 0 Å². The normalized spacial score (nSPS) is 10.1. The smallest absolute Gasteiger partial charge is 0.150 e. The van der Waals surface area contributed by atoms with E-state index < -0.39 is 0 Å². The van der Waals surface area contributed by atoms with Crippen LogP contribution in [0.4, 0.5) is 0 Å². The van der Waals surface area contributed by atoms with Crippen LogP contribution in [0.1, 0.15) is 38.1 Å². The van der Waals surface area contributed by atoms with Gasteiger partial charge in [0.2, 0.25) is 0 Å². The lowest BCUT2D eigenvalue weighted by atomic mass is 10.2. The summed E-state index contributed by atoms with van der Waals surface area (Å²) in [6.45, 7) is 8.40. The van der Waals surface area contributed by atoms with Crippen molar-refractivity contribution in [3.8, 4) is 11.5 Å². The Morgan fingerprint density at radius 1 is 1.22 bits per heavy atom. The van der Waals surface area contributed by atoms with E-state index in [9.17, 15) is 4.79 Å². The van der Waals surface area contributed by atoms with Gasteiger partial charge in [0, 0.05) is 11.6 Å². The maximum atomic E-state index is 10.9. The third-order valence-corrected chi connectivity index (χ3v) is 2.15. The van der Waals surface area contributed by atoms with Gasteiger partial charge in [-0.2, -0.15) is 0 Å². The second-order valence-electron chi connectivity index (χ2n) is 4.61. The van der Waals surface area contributed by atoms with Gasteiger partial charge in [-0.25, -0.2) is 0 Å². The average Bonchev–Trinajstić information content (AvgIpc) is 2.27. The zero-order valence-corrected chi connectivity index (χ0v) is 11.4. The third kappa shape index (κ3) is 5.04. The van der Waals surface area contributed by atoms with Crippen LogP contribution < -0.4 is 9.47 Å². The molecule has 0 saturated heterocycles. The van der Waals surface area contributed by atoms with Gasteiger partial charge in [0.05, 0.1) is 6.10 Å². The predicted octanol–water partition coefficient (Wildman–Crippen LogP) is 3.63. The average molecular weight is 248 g/mol. The van der Waals surface area contributed by atoms with E-state index in [1.54, 1.807) is 18.2 Å². The molecule has 0 radical (unpaired) electrons. The molecule has 0 spiro atoms.